The first-order chi connectivity index (χ1) is 13.8. The van der Waals surface area contributed by atoms with E-state index in [1.807, 2.05) is 6.07 Å². The van der Waals surface area contributed by atoms with Gasteiger partial charge in [-0.3, -0.25) is 9.89 Å². The Hall–Kier alpha value is -0.800. The van der Waals surface area contributed by atoms with Crippen molar-refractivity contribution in [3.05, 3.63) is 24.2 Å². The van der Waals surface area contributed by atoms with Crippen molar-refractivity contribution in [2.24, 2.45) is 10.9 Å². The number of furan rings is 1. The van der Waals surface area contributed by atoms with Gasteiger partial charge in [0.2, 0.25) is 0 Å². The van der Waals surface area contributed by atoms with E-state index in [-0.39, 0.29) is 30.0 Å². The van der Waals surface area contributed by atoms with Crippen LogP contribution in [0.5, 0.6) is 0 Å². The number of hydrogen-bond acceptors (Lipinski definition) is 4. The zero-order valence-electron chi connectivity index (χ0n) is 18.2. The first-order valence-corrected chi connectivity index (χ1v) is 11.3. The molecule has 6 nitrogen and oxygen atoms in total. The summed E-state index contributed by atoms with van der Waals surface area (Å²) in [5.41, 5.74) is 0. The van der Waals surface area contributed by atoms with Crippen LogP contribution in [0.1, 0.15) is 57.8 Å². The minimum atomic E-state index is 0. The van der Waals surface area contributed by atoms with Crippen LogP contribution in [0.2, 0.25) is 0 Å². The molecule has 0 saturated carbocycles. The summed E-state index contributed by atoms with van der Waals surface area (Å²) in [7, 11) is 0. The quantitative estimate of drug-likeness (QED) is 0.297. The van der Waals surface area contributed by atoms with Crippen LogP contribution in [0.25, 0.3) is 0 Å². The number of aliphatic imine (C=N–C) groups is 1. The van der Waals surface area contributed by atoms with Gasteiger partial charge < -0.3 is 20.0 Å². The molecule has 2 saturated heterocycles. The normalized spacial score (nSPS) is 20.4. The van der Waals surface area contributed by atoms with Crippen molar-refractivity contribution in [2.75, 3.05) is 52.4 Å². The fourth-order valence-electron chi connectivity index (χ4n) is 4.43. The van der Waals surface area contributed by atoms with Gasteiger partial charge in [0.05, 0.1) is 18.8 Å². The van der Waals surface area contributed by atoms with E-state index in [1.165, 1.54) is 51.7 Å². The van der Waals surface area contributed by atoms with Gasteiger partial charge in [-0.2, -0.15) is 0 Å². The Morgan fingerprint density at radius 1 is 1.17 bits per heavy atom. The van der Waals surface area contributed by atoms with E-state index in [2.05, 4.69) is 40.3 Å². The lowest BCUT2D eigenvalue weighted by atomic mass is 9.93. The van der Waals surface area contributed by atoms with Crippen molar-refractivity contribution in [3.8, 4) is 0 Å². The van der Waals surface area contributed by atoms with E-state index in [0.717, 1.165) is 50.4 Å². The molecule has 0 spiro atoms. The van der Waals surface area contributed by atoms with Crippen molar-refractivity contribution in [1.29, 1.82) is 0 Å². The summed E-state index contributed by atoms with van der Waals surface area (Å²) in [5.74, 6) is 2.81. The highest BCUT2D eigenvalue weighted by atomic mass is 127. The van der Waals surface area contributed by atoms with E-state index < -0.39 is 0 Å². The molecule has 3 rings (SSSR count). The fraction of sp³-hybridized carbons (Fsp3) is 0.773. The Kier molecular flexibility index (Phi) is 11.4. The van der Waals surface area contributed by atoms with Gasteiger partial charge in [-0.1, -0.05) is 6.92 Å². The highest BCUT2D eigenvalue weighted by Gasteiger charge is 2.25. The molecule has 2 aliphatic rings. The average Bonchev–Trinajstić information content (AvgIpc) is 3.43. The first-order valence-electron chi connectivity index (χ1n) is 11.3. The molecule has 0 bridgehead atoms. The van der Waals surface area contributed by atoms with Crippen LogP contribution in [0, 0.1) is 5.92 Å². The summed E-state index contributed by atoms with van der Waals surface area (Å²) in [4.78, 5) is 9.97. The maximum atomic E-state index is 5.72. The van der Waals surface area contributed by atoms with E-state index >= 15 is 0 Å². The van der Waals surface area contributed by atoms with Gasteiger partial charge in [0.1, 0.15) is 5.76 Å². The average molecular weight is 518 g/mol. The van der Waals surface area contributed by atoms with Gasteiger partial charge in [0, 0.05) is 13.1 Å². The standard InChI is InChI=1S/C22H39N5O.HI/c1-3-23-22(24-12-9-19-10-15-26(4-2)16-11-19)25-18-20(21-8-7-17-28-21)27-13-5-6-14-27;/h7-8,17,19-20H,3-6,9-16,18H2,1-2H3,(H2,23,24,25);1H. The molecule has 1 unspecified atom stereocenters. The number of nitrogens with one attached hydrogen (secondary N) is 2. The molecule has 0 amide bonds. The highest BCUT2D eigenvalue weighted by molar-refractivity contribution is 14.0. The highest BCUT2D eigenvalue weighted by Crippen LogP contribution is 2.25. The minimum absolute atomic E-state index is 0. The largest absolute Gasteiger partial charge is 0.468 e. The van der Waals surface area contributed by atoms with Gasteiger partial charge in [-0.15, -0.1) is 24.0 Å². The van der Waals surface area contributed by atoms with Crippen molar-refractivity contribution in [1.82, 2.24) is 20.4 Å². The predicted octanol–water partition coefficient (Wildman–Crippen LogP) is 3.71. The lowest BCUT2D eigenvalue weighted by Crippen LogP contribution is -2.40. The smallest absolute Gasteiger partial charge is 0.191 e. The molecule has 1 aromatic rings. The van der Waals surface area contributed by atoms with Crippen LogP contribution in [-0.2, 0) is 0 Å². The topological polar surface area (TPSA) is 56.0 Å². The number of rotatable bonds is 9. The number of halogens is 1. The van der Waals surface area contributed by atoms with Gasteiger partial charge in [-0.25, -0.2) is 0 Å². The molecule has 2 N–H and O–H groups in total. The second-order valence-electron chi connectivity index (χ2n) is 8.09. The molecule has 7 heteroatoms. The van der Waals surface area contributed by atoms with Gasteiger partial charge in [-0.05, 0) is 89.8 Å². The summed E-state index contributed by atoms with van der Waals surface area (Å²) in [5, 5.41) is 6.97. The van der Waals surface area contributed by atoms with E-state index in [1.54, 1.807) is 6.26 Å². The summed E-state index contributed by atoms with van der Waals surface area (Å²) in [6.07, 6.45) is 8.22. The van der Waals surface area contributed by atoms with Crippen molar-refractivity contribution >= 4 is 29.9 Å². The lowest BCUT2D eigenvalue weighted by molar-refractivity contribution is 0.187. The number of likely N-dealkylation sites (tertiary alicyclic amines) is 2. The maximum absolute atomic E-state index is 5.72. The Morgan fingerprint density at radius 3 is 2.55 bits per heavy atom. The van der Waals surface area contributed by atoms with E-state index in [4.69, 9.17) is 9.41 Å². The van der Waals surface area contributed by atoms with Crippen molar-refractivity contribution in [2.45, 2.75) is 52.0 Å². The third kappa shape index (κ3) is 7.75. The molecule has 1 atom stereocenters. The third-order valence-corrected chi connectivity index (χ3v) is 6.22. The number of nitrogens with zero attached hydrogens (tertiary/aromatic N) is 3. The second kappa shape index (κ2) is 13.5. The summed E-state index contributed by atoms with van der Waals surface area (Å²) < 4.78 is 5.72. The monoisotopic (exact) mass is 517 g/mol. The second-order valence-corrected chi connectivity index (χ2v) is 8.09. The molecule has 0 aromatic carbocycles. The molecule has 3 heterocycles. The summed E-state index contributed by atoms with van der Waals surface area (Å²) in [6.45, 7) is 13.0. The van der Waals surface area contributed by atoms with Crippen LogP contribution in [0.15, 0.2) is 27.8 Å². The number of piperidine rings is 1. The molecule has 2 fully saturated rings. The zero-order chi connectivity index (χ0) is 19.6. The summed E-state index contributed by atoms with van der Waals surface area (Å²) >= 11 is 0. The van der Waals surface area contributed by atoms with Crippen LogP contribution < -0.4 is 10.6 Å². The van der Waals surface area contributed by atoms with Crippen molar-refractivity contribution in [3.63, 3.8) is 0 Å². The van der Waals surface area contributed by atoms with Gasteiger partial charge >= 0.3 is 0 Å². The Bertz CT molecular complexity index is 566. The molecular formula is C22H40IN5O. The molecule has 166 valence electrons. The van der Waals surface area contributed by atoms with Crippen molar-refractivity contribution < 1.29 is 4.42 Å². The Morgan fingerprint density at radius 2 is 1.93 bits per heavy atom. The maximum Gasteiger partial charge on any atom is 0.191 e. The third-order valence-electron chi connectivity index (χ3n) is 6.22. The Balaban J connectivity index is 0.00000300. The molecule has 1 aromatic heterocycles. The van der Waals surface area contributed by atoms with E-state index in [0.29, 0.717) is 0 Å². The van der Waals surface area contributed by atoms with E-state index in [9.17, 15) is 0 Å². The van der Waals surface area contributed by atoms with Gasteiger partial charge in [0.25, 0.3) is 0 Å². The zero-order valence-corrected chi connectivity index (χ0v) is 20.6. The number of guanidine groups is 1. The molecule has 0 aliphatic carbocycles. The molecule has 2 aliphatic heterocycles. The first kappa shape index (κ1) is 24.5. The minimum Gasteiger partial charge on any atom is -0.468 e. The molecular weight excluding hydrogens is 477 g/mol. The lowest BCUT2D eigenvalue weighted by Gasteiger charge is -2.31. The molecule has 0 radical (unpaired) electrons. The fourth-order valence-corrected chi connectivity index (χ4v) is 4.43. The summed E-state index contributed by atoms with van der Waals surface area (Å²) in [6, 6.07) is 4.31. The predicted molar refractivity (Wildman–Crippen MR) is 131 cm³/mol. The van der Waals surface area contributed by atoms with Crippen LogP contribution >= 0.6 is 24.0 Å². The van der Waals surface area contributed by atoms with Crippen LogP contribution in [0.4, 0.5) is 0 Å². The van der Waals surface area contributed by atoms with Crippen LogP contribution in [-0.4, -0.2) is 68.1 Å². The Labute approximate surface area is 193 Å². The van der Waals surface area contributed by atoms with Gasteiger partial charge in [0.15, 0.2) is 5.96 Å². The number of hydrogen-bond donors (Lipinski definition) is 2. The molecule has 29 heavy (non-hydrogen) atoms. The van der Waals surface area contributed by atoms with Crippen LogP contribution in [0.3, 0.4) is 0 Å². The SMILES string of the molecule is CCNC(=NCC(c1ccco1)N1CCCC1)NCCC1CCN(CC)CC1.I.